The second-order valence-electron chi connectivity index (χ2n) is 8.38. The van der Waals surface area contributed by atoms with E-state index in [-0.39, 0.29) is 36.0 Å². The largest absolute Gasteiger partial charge is 0.489 e. The van der Waals surface area contributed by atoms with E-state index >= 15 is 0 Å². The Morgan fingerprint density at radius 2 is 1.81 bits per heavy atom. The molecule has 1 atom stereocenters. The number of hydrogen-bond donors (Lipinski definition) is 1. The molecule has 2 aliphatic heterocycles. The molecule has 8 heteroatoms. The van der Waals surface area contributed by atoms with Crippen LogP contribution in [-0.4, -0.2) is 92.1 Å². The van der Waals surface area contributed by atoms with E-state index in [1.165, 1.54) is 12.0 Å². The van der Waals surface area contributed by atoms with Gasteiger partial charge >= 0.3 is 0 Å². The van der Waals surface area contributed by atoms with Gasteiger partial charge in [0, 0.05) is 46.3 Å². The summed E-state index contributed by atoms with van der Waals surface area (Å²) in [6.45, 7) is 10.7. The first kappa shape index (κ1) is 25.7. The Labute approximate surface area is 204 Å². The van der Waals surface area contributed by atoms with Crippen molar-refractivity contribution >= 4 is 35.8 Å². The first-order chi connectivity index (χ1) is 14.5. The Kier molecular flexibility index (Phi) is 10.9. The maximum absolute atomic E-state index is 12.5. The molecule has 1 unspecified atom stereocenters. The molecular weight excluding hydrogens is 505 g/mol. The second kappa shape index (κ2) is 13.1. The van der Waals surface area contributed by atoms with E-state index in [2.05, 4.69) is 46.1 Å². The number of carbonyl (C=O) groups is 1. The molecule has 1 N–H and O–H groups in total. The summed E-state index contributed by atoms with van der Waals surface area (Å²) in [5.41, 5.74) is 1.19. The summed E-state index contributed by atoms with van der Waals surface area (Å²) in [4.78, 5) is 23.5. The lowest BCUT2D eigenvalue weighted by Gasteiger charge is -2.37. The van der Waals surface area contributed by atoms with Crippen LogP contribution in [-0.2, 0) is 4.79 Å². The van der Waals surface area contributed by atoms with Crippen LogP contribution in [0.3, 0.4) is 0 Å². The molecule has 0 aliphatic carbocycles. The van der Waals surface area contributed by atoms with E-state index < -0.39 is 0 Å². The van der Waals surface area contributed by atoms with Crippen LogP contribution in [0.15, 0.2) is 29.3 Å². The number of benzene rings is 1. The van der Waals surface area contributed by atoms with Crippen molar-refractivity contribution in [3.05, 3.63) is 29.8 Å². The molecule has 2 fully saturated rings. The molecule has 0 bridgehead atoms. The monoisotopic (exact) mass is 543 g/mol. The third kappa shape index (κ3) is 8.14. The minimum atomic E-state index is 0. The number of aryl methyl sites for hydroxylation is 1. The molecule has 0 radical (unpaired) electrons. The van der Waals surface area contributed by atoms with Crippen LogP contribution in [0.4, 0.5) is 0 Å². The fourth-order valence-electron chi connectivity index (χ4n) is 4.08. The van der Waals surface area contributed by atoms with Gasteiger partial charge < -0.3 is 19.9 Å². The quantitative estimate of drug-likeness (QED) is 0.340. The minimum Gasteiger partial charge on any atom is -0.489 e. The predicted octanol–water partition coefficient (Wildman–Crippen LogP) is 2.59. The lowest BCUT2D eigenvalue weighted by Crippen LogP contribution is -2.55. The number of likely N-dealkylation sites (tertiary alicyclic amines) is 1. The van der Waals surface area contributed by atoms with Crippen molar-refractivity contribution in [3.63, 3.8) is 0 Å². The Balaban J connectivity index is 0.00000341. The number of amides is 1. The molecule has 2 heterocycles. The second-order valence-corrected chi connectivity index (χ2v) is 8.38. The van der Waals surface area contributed by atoms with Crippen molar-refractivity contribution in [1.82, 2.24) is 20.0 Å². The number of halogens is 1. The molecule has 3 rings (SSSR count). The van der Waals surface area contributed by atoms with Gasteiger partial charge in [-0.25, -0.2) is 0 Å². The summed E-state index contributed by atoms with van der Waals surface area (Å²) in [6, 6.07) is 8.12. The van der Waals surface area contributed by atoms with Gasteiger partial charge in [0.25, 0.3) is 0 Å². The highest BCUT2D eigenvalue weighted by Crippen LogP contribution is 2.14. The number of guanidine groups is 1. The molecule has 0 saturated carbocycles. The van der Waals surface area contributed by atoms with Crippen molar-refractivity contribution < 1.29 is 9.53 Å². The highest BCUT2D eigenvalue weighted by atomic mass is 127. The maximum Gasteiger partial charge on any atom is 0.236 e. The summed E-state index contributed by atoms with van der Waals surface area (Å²) < 4.78 is 6.01. The van der Waals surface area contributed by atoms with Crippen molar-refractivity contribution in [2.75, 3.05) is 59.4 Å². The number of nitrogens with one attached hydrogen (secondary N) is 1. The Bertz CT molecular complexity index is 716. The van der Waals surface area contributed by atoms with Crippen LogP contribution >= 0.6 is 24.0 Å². The van der Waals surface area contributed by atoms with E-state index in [0.29, 0.717) is 13.1 Å². The van der Waals surface area contributed by atoms with Crippen LogP contribution < -0.4 is 10.1 Å². The van der Waals surface area contributed by atoms with Crippen molar-refractivity contribution in [2.45, 2.75) is 39.2 Å². The van der Waals surface area contributed by atoms with Gasteiger partial charge in [-0.2, -0.15) is 0 Å². The lowest BCUT2D eigenvalue weighted by molar-refractivity contribution is -0.133. The van der Waals surface area contributed by atoms with Gasteiger partial charge in [0.1, 0.15) is 11.9 Å². The van der Waals surface area contributed by atoms with Gasteiger partial charge in [-0.15, -0.1) is 24.0 Å². The molecule has 174 valence electrons. The Morgan fingerprint density at radius 1 is 1.10 bits per heavy atom. The van der Waals surface area contributed by atoms with Gasteiger partial charge in [0.05, 0.1) is 13.1 Å². The van der Waals surface area contributed by atoms with E-state index in [4.69, 9.17) is 4.74 Å². The average Bonchev–Trinajstić information content (AvgIpc) is 2.76. The molecule has 2 aliphatic rings. The normalized spacial score (nSPS) is 18.9. The predicted molar refractivity (Wildman–Crippen MR) is 136 cm³/mol. The molecule has 0 aromatic heterocycles. The zero-order chi connectivity index (χ0) is 21.3. The number of piperidine rings is 1. The van der Waals surface area contributed by atoms with Crippen LogP contribution in [0.25, 0.3) is 0 Å². The summed E-state index contributed by atoms with van der Waals surface area (Å²) >= 11 is 0. The van der Waals surface area contributed by atoms with Gasteiger partial charge in [-0.1, -0.05) is 12.1 Å². The molecule has 7 nitrogen and oxygen atoms in total. The Hall–Kier alpha value is -1.55. The first-order valence-electron chi connectivity index (χ1n) is 11.2. The third-order valence-corrected chi connectivity index (χ3v) is 5.83. The van der Waals surface area contributed by atoms with Crippen LogP contribution in [0.5, 0.6) is 5.75 Å². The molecule has 2 saturated heterocycles. The van der Waals surface area contributed by atoms with Gasteiger partial charge in [0.15, 0.2) is 5.96 Å². The van der Waals surface area contributed by atoms with E-state index in [1.54, 1.807) is 0 Å². The van der Waals surface area contributed by atoms with Gasteiger partial charge in [-0.05, 0) is 50.8 Å². The summed E-state index contributed by atoms with van der Waals surface area (Å²) in [5.74, 6) is 2.08. The number of aliphatic imine (C=N–C) groups is 1. The number of piperazine rings is 1. The molecule has 1 amide bonds. The number of carbonyl (C=O) groups excluding carboxylic acids is 1. The molecule has 1 aromatic carbocycles. The molecule has 1 aromatic rings. The summed E-state index contributed by atoms with van der Waals surface area (Å²) in [6.07, 6.45) is 3.58. The van der Waals surface area contributed by atoms with E-state index in [0.717, 1.165) is 63.8 Å². The number of hydrogen-bond acceptors (Lipinski definition) is 4. The molecular formula is C23H38IN5O2. The third-order valence-electron chi connectivity index (χ3n) is 5.83. The van der Waals surface area contributed by atoms with Gasteiger partial charge in [0.2, 0.25) is 5.91 Å². The van der Waals surface area contributed by atoms with E-state index in [9.17, 15) is 4.79 Å². The van der Waals surface area contributed by atoms with Crippen molar-refractivity contribution in [1.29, 1.82) is 0 Å². The summed E-state index contributed by atoms with van der Waals surface area (Å²) in [5, 5.41) is 3.44. The van der Waals surface area contributed by atoms with Gasteiger partial charge in [-0.3, -0.25) is 14.7 Å². The molecule has 31 heavy (non-hydrogen) atoms. The topological polar surface area (TPSA) is 60.4 Å². The lowest BCUT2D eigenvalue weighted by atomic mass is 10.1. The number of nitrogens with zero attached hydrogens (tertiary/aromatic N) is 4. The fraction of sp³-hybridized carbons (Fsp3) is 0.652. The van der Waals surface area contributed by atoms with Crippen molar-refractivity contribution in [3.8, 4) is 5.75 Å². The molecule has 0 spiro atoms. The standard InChI is InChI=1S/C23H37N5O2.HI/c1-19-8-7-9-21(16-19)30-20(2)17-25-23(24-3)28-14-12-26(13-15-28)18-22(29)27-10-5-4-6-11-27;/h7-9,16,20H,4-6,10-15,17-18H2,1-3H3,(H,24,25);1H. The van der Waals surface area contributed by atoms with Crippen LogP contribution in [0, 0.1) is 6.92 Å². The zero-order valence-electron chi connectivity index (χ0n) is 19.2. The summed E-state index contributed by atoms with van der Waals surface area (Å²) in [7, 11) is 1.82. The minimum absolute atomic E-state index is 0. The Morgan fingerprint density at radius 3 is 2.45 bits per heavy atom. The first-order valence-corrected chi connectivity index (χ1v) is 11.2. The zero-order valence-corrected chi connectivity index (χ0v) is 21.5. The smallest absolute Gasteiger partial charge is 0.236 e. The van der Waals surface area contributed by atoms with Crippen LogP contribution in [0.1, 0.15) is 31.7 Å². The highest BCUT2D eigenvalue weighted by molar-refractivity contribution is 14.0. The number of ether oxygens (including phenoxy) is 1. The van der Waals surface area contributed by atoms with Crippen LogP contribution in [0.2, 0.25) is 0 Å². The number of rotatable bonds is 6. The average molecular weight is 543 g/mol. The fourth-order valence-corrected chi connectivity index (χ4v) is 4.08. The van der Waals surface area contributed by atoms with Crippen molar-refractivity contribution in [2.24, 2.45) is 4.99 Å². The SMILES string of the molecule is CN=C(NCC(C)Oc1cccc(C)c1)N1CCN(CC(=O)N2CCCCC2)CC1.I. The highest BCUT2D eigenvalue weighted by Gasteiger charge is 2.24. The maximum atomic E-state index is 12.5. The van der Waals surface area contributed by atoms with E-state index in [1.807, 2.05) is 24.1 Å².